The zero-order valence-corrected chi connectivity index (χ0v) is 19.4. The highest BCUT2D eigenvalue weighted by Crippen LogP contribution is 2.24. The molecule has 0 unspecified atom stereocenters. The summed E-state index contributed by atoms with van der Waals surface area (Å²) in [5.74, 6) is 0.0504. The number of nitrogens with one attached hydrogen (secondary N) is 1. The second kappa shape index (κ2) is 10.3. The Morgan fingerprint density at radius 1 is 1.21 bits per heavy atom. The first kappa shape index (κ1) is 23.8. The van der Waals surface area contributed by atoms with E-state index in [0.29, 0.717) is 31.8 Å². The van der Waals surface area contributed by atoms with E-state index >= 15 is 0 Å². The molecule has 3 aromatic rings. The monoisotopic (exact) mass is 488 g/mol. The summed E-state index contributed by atoms with van der Waals surface area (Å²) in [6, 6.07) is 11.9. The fourth-order valence-electron chi connectivity index (χ4n) is 3.75. The minimum Gasteiger partial charge on any atom is -0.494 e. The van der Waals surface area contributed by atoms with Gasteiger partial charge in [-0.3, -0.25) is 4.79 Å². The highest BCUT2D eigenvalue weighted by atomic mass is 32.2. The number of hydrogen-bond donors (Lipinski definition) is 1. The number of aromatic nitrogens is 2. The van der Waals surface area contributed by atoms with E-state index < -0.39 is 21.8 Å². The van der Waals surface area contributed by atoms with Gasteiger partial charge in [-0.15, -0.1) is 0 Å². The van der Waals surface area contributed by atoms with Crippen molar-refractivity contribution < 1.29 is 26.9 Å². The van der Waals surface area contributed by atoms with Crippen LogP contribution in [0.5, 0.6) is 5.75 Å². The standard InChI is InChI=1S/C23H25FN4O5S/c1-2-32-19-9-5-16(6-10-19)22-26-21(33-27-22)14-25-23(29)17-4-3-13-28(15-17)34(30,31)20-11-7-18(24)8-12-20/h5-12,17H,2-4,13-15H2,1H3,(H,25,29)/t17-/m1/s1. The lowest BCUT2D eigenvalue weighted by atomic mass is 9.99. The average Bonchev–Trinajstić information content (AvgIpc) is 3.33. The lowest BCUT2D eigenvalue weighted by Crippen LogP contribution is -2.45. The number of carbonyl (C=O) groups excluding carboxylic acids is 1. The maximum Gasteiger partial charge on any atom is 0.246 e. The molecule has 0 saturated carbocycles. The minimum absolute atomic E-state index is 0.00244. The van der Waals surface area contributed by atoms with Crippen LogP contribution in [0.15, 0.2) is 57.9 Å². The summed E-state index contributed by atoms with van der Waals surface area (Å²) in [4.78, 5) is 17.0. The van der Waals surface area contributed by atoms with Crippen LogP contribution in [0.2, 0.25) is 0 Å². The zero-order valence-electron chi connectivity index (χ0n) is 18.6. The molecule has 1 N–H and O–H groups in total. The SMILES string of the molecule is CCOc1ccc(-c2noc(CNC(=O)[C@@H]3CCCN(S(=O)(=O)c4ccc(F)cc4)C3)n2)cc1. The number of sulfonamides is 1. The van der Waals surface area contributed by atoms with Gasteiger partial charge in [0.05, 0.1) is 24.0 Å². The van der Waals surface area contributed by atoms with Crippen LogP contribution >= 0.6 is 0 Å². The first-order valence-electron chi connectivity index (χ1n) is 11.0. The summed E-state index contributed by atoms with van der Waals surface area (Å²) in [5.41, 5.74) is 0.749. The molecule has 1 saturated heterocycles. The van der Waals surface area contributed by atoms with Crippen molar-refractivity contribution in [2.75, 3.05) is 19.7 Å². The molecule has 11 heteroatoms. The van der Waals surface area contributed by atoms with Crippen LogP contribution in [0, 0.1) is 11.7 Å². The topological polar surface area (TPSA) is 115 Å². The molecule has 34 heavy (non-hydrogen) atoms. The number of nitrogens with zero attached hydrogens (tertiary/aromatic N) is 3. The Balaban J connectivity index is 1.34. The van der Waals surface area contributed by atoms with Crippen LogP contribution in [0.4, 0.5) is 4.39 Å². The van der Waals surface area contributed by atoms with Gasteiger partial charge in [-0.2, -0.15) is 9.29 Å². The number of carbonyl (C=O) groups is 1. The molecule has 1 atom stereocenters. The van der Waals surface area contributed by atoms with Gasteiger partial charge in [0.25, 0.3) is 0 Å². The second-order valence-electron chi connectivity index (χ2n) is 7.84. The quantitative estimate of drug-likeness (QED) is 0.518. The molecule has 0 bridgehead atoms. The molecule has 1 aliphatic rings. The summed E-state index contributed by atoms with van der Waals surface area (Å²) in [6.45, 7) is 2.86. The van der Waals surface area contributed by atoms with Crippen LogP contribution in [0.1, 0.15) is 25.7 Å². The molecule has 2 aromatic carbocycles. The van der Waals surface area contributed by atoms with Gasteiger partial charge in [-0.25, -0.2) is 12.8 Å². The molecule has 1 fully saturated rings. The van der Waals surface area contributed by atoms with Gasteiger partial charge in [0, 0.05) is 18.7 Å². The maximum atomic E-state index is 13.2. The van der Waals surface area contributed by atoms with Gasteiger partial charge >= 0.3 is 0 Å². The van der Waals surface area contributed by atoms with Crippen LogP contribution in [0.3, 0.4) is 0 Å². The van der Waals surface area contributed by atoms with E-state index in [1.165, 1.54) is 16.4 Å². The first-order valence-corrected chi connectivity index (χ1v) is 12.4. The molecule has 4 rings (SSSR count). The van der Waals surface area contributed by atoms with E-state index in [0.717, 1.165) is 23.4 Å². The van der Waals surface area contributed by atoms with Gasteiger partial charge in [-0.1, -0.05) is 5.16 Å². The fourth-order valence-corrected chi connectivity index (χ4v) is 5.27. The van der Waals surface area contributed by atoms with E-state index in [1.54, 1.807) is 0 Å². The van der Waals surface area contributed by atoms with Crippen molar-refractivity contribution >= 4 is 15.9 Å². The van der Waals surface area contributed by atoms with Crippen LogP contribution in [0.25, 0.3) is 11.4 Å². The van der Waals surface area contributed by atoms with Gasteiger partial charge < -0.3 is 14.6 Å². The van der Waals surface area contributed by atoms with Crippen molar-refractivity contribution in [3.05, 3.63) is 60.2 Å². The van der Waals surface area contributed by atoms with Crippen LogP contribution < -0.4 is 10.1 Å². The zero-order chi connectivity index (χ0) is 24.1. The third kappa shape index (κ3) is 5.42. The van der Waals surface area contributed by atoms with E-state index in [2.05, 4.69) is 15.5 Å². The van der Waals surface area contributed by atoms with E-state index in [-0.39, 0.29) is 29.8 Å². The molecule has 1 aliphatic heterocycles. The van der Waals surface area contributed by atoms with Crippen molar-refractivity contribution in [3.63, 3.8) is 0 Å². The third-order valence-corrected chi connectivity index (χ3v) is 7.39. The number of halogens is 1. The normalized spacial score (nSPS) is 16.8. The molecular weight excluding hydrogens is 463 g/mol. The molecule has 180 valence electrons. The largest absolute Gasteiger partial charge is 0.494 e. The number of hydrogen-bond acceptors (Lipinski definition) is 7. The van der Waals surface area contributed by atoms with Gasteiger partial charge in [-0.05, 0) is 68.3 Å². The Morgan fingerprint density at radius 2 is 1.94 bits per heavy atom. The lowest BCUT2D eigenvalue weighted by Gasteiger charge is -2.31. The maximum absolute atomic E-state index is 13.2. The molecule has 9 nitrogen and oxygen atoms in total. The van der Waals surface area contributed by atoms with E-state index in [1.807, 2.05) is 31.2 Å². The summed E-state index contributed by atoms with van der Waals surface area (Å²) >= 11 is 0. The lowest BCUT2D eigenvalue weighted by molar-refractivity contribution is -0.126. The Kier molecular flexibility index (Phi) is 7.23. The van der Waals surface area contributed by atoms with E-state index in [9.17, 15) is 17.6 Å². The summed E-state index contributed by atoms with van der Waals surface area (Å²) in [6.07, 6.45) is 1.10. The fraction of sp³-hybridized carbons (Fsp3) is 0.348. The molecule has 0 aliphatic carbocycles. The van der Waals surface area contributed by atoms with Crippen molar-refractivity contribution in [2.45, 2.75) is 31.2 Å². The Bertz CT molecular complexity index is 1230. The molecular formula is C23H25FN4O5S. The van der Waals surface area contributed by atoms with Gasteiger partial charge in [0.2, 0.25) is 27.6 Å². The number of piperidine rings is 1. The smallest absolute Gasteiger partial charge is 0.246 e. The van der Waals surface area contributed by atoms with Gasteiger partial charge in [0.1, 0.15) is 11.6 Å². The Labute approximate surface area is 197 Å². The number of rotatable bonds is 8. The molecule has 0 radical (unpaired) electrons. The average molecular weight is 489 g/mol. The summed E-state index contributed by atoms with van der Waals surface area (Å²) < 4.78 is 50.8. The highest BCUT2D eigenvalue weighted by molar-refractivity contribution is 7.89. The highest BCUT2D eigenvalue weighted by Gasteiger charge is 2.33. The van der Waals surface area contributed by atoms with E-state index in [4.69, 9.17) is 9.26 Å². The van der Waals surface area contributed by atoms with Gasteiger partial charge in [0.15, 0.2) is 0 Å². The number of amides is 1. The second-order valence-corrected chi connectivity index (χ2v) is 9.78. The molecule has 0 spiro atoms. The Morgan fingerprint density at radius 3 is 2.65 bits per heavy atom. The van der Waals surface area contributed by atoms with Crippen molar-refractivity contribution in [1.82, 2.24) is 19.8 Å². The number of benzene rings is 2. The van der Waals surface area contributed by atoms with Crippen molar-refractivity contribution in [1.29, 1.82) is 0 Å². The number of ether oxygens (including phenoxy) is 1. The molecule has 1 amide bonds. The van der Waals surface area contributed by atoms with Crippen molar-refractivity contribution in [2.24, 2.45) is 5.92 Å². The third-order valence-electron chi connectivity index (χ3n) is 5.51. The summed E-state index contributed by atoms with van der Waals surface area (Å²) in [5, 5.41) is 6.70. The molecule has 1 aromatic heterocycles. The predicted octanol–water partition coefficient (Wildman–Crippen LogP) is 2.99. The first-order chi connectivity index (χ1) is 16.4. The minimum atomic E-state index is -3.81. The van der Waals surface area contributed by atoms with Crippen LogP contribution in [-0.4, -0.2) is 48.5 Å². The van der Waals surface area contributed by atoms with Crippen LogP contribution in [-0.2, 0) is 21.4 Å². The molecule has 2 heterocycles. The predicted molar refractivity (Wildman–Crippen MR) is 121 cm³/mol. The van der Waals surface area contributed by atoms with Crippen molar-refractivity contribution in [3.8, 4) is 17.1 Å². The Hall–Kier alpha value is -3.31. The summed E-state index contributed by atoms with van der Waals surface area (Å²) in [7, 11) is -3.81.